The summed E-state index contributed by atoms with van der Waals surface area (Å²) in [6.07, 6.45) is 2.03. The van der Waals surface area contributed by atoms with Crippen LogP contribution >= 0.6 is 0 Å². The zero-order valence-electron chi connectivity index (χ0n) is 9.62. The number of hydrogen-bond donors (Lipinski definition) is 1. The van der Waals surface area contributed by atoms with E-state index in [1.54, 1.807) is 0 Å². The summed E-state index contributed by atoms with van der Waals surface area (Å²) in [7, 11) is 2.56. The third kappa shape index (κ3) is 2.46. The van der Waals surface area contributed by atoms with E-state index < -0.39 is 11.8 Å². The van der Waals surface area contributed by atoms with E-state index in [2.05, 4.69) is 15.0 Å². The molecule has 1 heterocycles. The SMILES string of the molecule is COC(=O)c1cc(F)c(OC)nc1NC1CC1. The number of esters is 1. The Bertz CT molecular complexity index is 447. The van der Waals surface area contributed by atoms with Crippen LogP contribution in [-0.2, 0) is 4.74 Å². The molecule has 1 aromatic heterocycles. The van der Waals surface area contributed by atoms with Gasteiger partial charge < -0.3 is 14.8 Å². The minimum absolute atomic E-state index is 0.0812. The van der Waals surface area contributed by atoms with Gasteiger partial charge in [-0.2, -0.15) is 4.98 Å². The van der Waals surface area contributed by atoms with E-state index in [0.29, 0.717) is 11.9 Å². The summed E-state index contributed by atoms with van der Waals surface area (Å²) in [4.78, 5) is 15.4. The second-order valence-electron chi connectivity index (χ2n) is 3.79. The summed E-state index contributed by atoms with van der Waals surface area (Å²) >= 11 is 0. The predicted molar refractivity (Wildman–Crippen MR) is 58.7 cm³/mol. The van der Waals surface area contributed by atoms with E-state index >= 15 is 0 Å². The Morgan fingerprint density at radius 1 is 1.53 bits per heavy atom. The molecule has 1 aliphatic carbocycles. The fraction of sp³-hybridized carbons (Fsp3) is 0.455. The van der Waals surface area contributed by atoms with Gasteiger partial charge in [0.05, 0.1) is 14.2 Å². The molecule has 0 aromatic carbocycles. The predicted octanol–water partition coefficient (Wildman–Crippen LogP) is 1.59. The lowest BCUT2D eigenvalue weighted by Gasteiger charge is -2.11. The largest absolute Gasteiger partial charge is 0.479 e. The highest BCUT2D eigenvalue weighted by Crippen LogP contribution is 2.28. The second-order valence-corrected chi connectivity index (χ2v) is 3.79. The molecule has 0 atom stereocenters. The summed E-state index contributed by atoms with van der Waals surface area (Å²) in [5.41, 5.74) is 0.0812. The number of pyridine rings is 1. The van der Waals surface area contributed by atoms with E-state index in [9.17, 15) is 9.18 Å². The van der Waals surface area contributed by atoms with E-state index in [1.807, 2.05) is 0 Å². The molecular weight excluding hydrogens is 227 g/mol. The van der Waals surface area contributed by atoms with Crippen molar-refractivity contribution >= 4 is 11.8 Å². The van der Waals surface area contributed by atoms with Crippen molar-refractivity contribution < 1.29 is 18.7 Å². The molecule has 0 saturated heterocycles. The highest BCUT2D eigenvalue weighted by Gasteiger charge is 2.26. The first-order valence-corrected chi connectivity index (χ1v) is 5.25. The molecule has 1 aromatic rings. The van der Waals surface area contributed by atoms with Crippen LogP contribution in [0.15, 0.2) is 6.07 Å². The van der Waals surface area contributed by atoms with Crippen LogP contribution in [0.4, 0.5) is 10.2 Å². The molecule has 2 rings (SSSR count). The third-order valence-corrected chi connectivity index (χ3v) is 2.46. The van der Waals surface area contributed by atoms with Crippen LogP contribution in [0.1, 0.15) is 23.2 Å². The van der Waals surface area contributed by atoms with Crippen molar-refractivity contribution in [3.8, 4) is 5.88 Å². The summed E-state index contributed by atoms with van der Waals surface area (Å²) in [5.74, 6) is -1.14. The average Bonchev–Trinajstić information content (AvgIpc) is 3.13. The number of halogens is 1. The minimum Gasteiger partial charge on any atom is -0.479 e. The molecule has 0 bridgehead atoms. The minimum atomic E-state index is -0.686. The molecule has 0 spiro atoms. The number of aromatic nitrogens is 1. The standard InChI is InChI=1S/C11H13FN2O3/c1-16-10-8(12)5-7(11(15)17-2)9(14-10)13-6-3-4-6/h5-6H,3-4H2,1-2H3,(H,13,14). The Balaban J connectivity index is 2.38. The average molecular weight is 240 g/mol. The van der Waals surface area contributed by atoms with Crippen LogP contribution in [0.3, 0.4) is 0 Å². The van der Waals surface area contributed by atoms with Crippen LogP contribution in [0.5, 0.6) is 5.88 Å². The van der Waals surface area contributed by atoms with Crippen molar-refractivity contribution in [2.24, 2.45) is 0 Å². The lowest BCUT2D eigenvalue weighted by Crippen LogP contribution is -2.13. The molecule has 6 heteroatoms. The molecule has 0 amide bonds. The van der Waals surface area contributed by atoms with Gasteiger partial charge in [-0.25, -0.2) is 9.18 Å². The summed E-state index contributed by atoms with van der Waals surface area (Å²) < 4.78 is 22.8. The van der Waals surface area contributed by atoms with Gasteiger partial charge in [-0.15, -0.1) is 0 Å². The van der Waals surface area contributed by atoms with E-state index in [4.69, 9.17) is 4.74 Å². The van der Waals surface area contributed by atoms with Gasteiger partial charge in [0.25, 0.3) is 5.88 Å². The molecular formula is C11H13FN2O3. The van der Waals surface area contributed by atoms with Crippen molar-refractivity contribution in [3.05, 3.63) is 17.4 Å². The summed E-state index contributed by atoms with van der Waals surface area (Å²) in [6, 6.07) is 1.36. The zero-order valence-corrected chi connectivity index (χ0v) is 9.62. The number of nitrogens with one attached hydrogen (secondary N) is 1. The molecule has 0 unspecified atom stereocenters. The first kappa shape index (κ1) is 11.6. The van der Waals surface area contributed by atoms with E-state index in [0.717, 1.165) is 18.9 Å². The molecule has 0 aliphatic heterocycles. The Morgan fingerprint density at radius 2 is 2.24 bits per heavy atom. The fourth-order valence-corrected chi connectivity index (χ4v) is 1.41. The Morgan fingerprint density at radius 3 is 2.76 bits per heavy atom. The number of hydrogen-bond acceptors (Lipinski definition) is 5. The van der Waals surface area contributed by atoms with E-state index in [1.165, 1.54) is 14.2 Å². The normalized spacial score (nSPS) is 14.3. The fourth-order valence-electron chi connectivity index (χ4n) is 1.41. The number of ether oxygens (including phenoxy) is 2. The van der Waals surface area contributed by atoms with Crippen molar-refractivity contribution in [1.82, 2.24) is 4.98 Å². The molecule has 1 aliphatic rings. The number of carbonyl (C=O) groups excluding carboxylic acids is 1. The summed E-state index contributed by atoms with van der Waals surface area (Å²) in [5, 5.41) is 3.04. The molecule has 92 valence electrons. The second kappa shape index (κ2) is 4.57. The van der Waals surface area contributed by atoms with Gasteiger partial charge in [-0.05, 0) is 18.9 Å². The van der Waals surface area contributed by atoms with Crippen LogP contribution in [0.2, 0.25) is 0 Å². The number of anilines is 1. The van der Waals surface area contributed by atoms with Crippen LogP contribution in [0.25, 0.3) is 0 Å². The first-order valence-electron chi connectivity index (χ1n) is 5.25. The Labute approximate surface area is 97.9 Å². The topological polar surface area (TPSA) is 60.5 Å². The zero-order chi connectivity index (χ0) is 12.4. The van der Waals surface area contributed by atoms with Crippen molar-refractivity contribution in [3.63, 3.8) is 0 Å². The number of rotatable bonds is 4. The number of nitrogens with zero attached hydrogens (tertiary/aromatic N) is 1. The maximum atomic E-state index is 13.5. The Kier molecular flexibility index (Phi) is 3.12. The van der Waals surface area contributed by atoms with Crippen LogP contribution < -0.4 is 10.1 Å². The van der Waals surface area contributed by atoms with Gasteiger partial charge in [-0.1, -0.05) is 0 Å². The van der Waals surface area contributed by atoms with Gasteiger partial charge in [0, 0.05) is 6.04 Å². The van der Waals surface area contributed by atoms with Gasteiger partial charge in [0.2, 0.25) is 0 Å². The number of methoxy groups -OCH3 is 2. The molecule has 1 fully saturated rings. The van der Waals surface area contributed by atoms with Gasteiger partial charge in [0.15, 0.2) is 5.82 Å². The molecule has 1 N–H and O–H groups in total. The molecule has 0 radical (unpaired) electrons. The third-order valence-electron chi connectivity index (χ3n) is 2.46. The lowest BCUT2D eigenvalue weighted by atomic mass is 10.2. The van der Waals surface area contributed by atoms with Crippen molar-refractivity contribution in [2.75, 3.05) is 19.5 Å². The van der Waals surface area contributed by atoms with Gasteiger partial charge in [-0.3, -0.25) is 0 Å². The quantitative estimate of drug-likeness (QED) is 0.810. The maximum absolute atomic E-state index is 13.5. The number of carbonyl (C=O) groups is 1. The van der Waals surface area contributed by atoms with Gasteiger partial charge >= 0.3 is 5.97 Å². The highest BCUT2D eigenvalue weighted by molar-refractivity contribution is 5.94. The highest BCUT2D eigenvalue weighted by atomic mass is 19.1. The van der Waals surface area contributed by atoms with Crippen molar-refractivity contribution in [1.29, 1.82) is 0 Å². The molecule has 1 saturated carbocycles. The molecule has 17 heavy (non-hydrogen) atoms. The first-order chi connectivity index (χ1) is 8.15. The van der Waals surface area contributed by atoms with Crippen LogP contribution in [0, 0.1) is 5.82 Å². The Hall–Kier alpha value is -1.85. The monoisotopic (exact) mass is 240 g/mol. The van der Waals surface area contributed by atoms with Crippen LogP contribution in [-0.4, -0.2) is 31.2 Å². The smallest absolute Gasteiger partial charge is 0.341 e. The maximum Gasteiger partial charge on any atom is 0.341 e. The molecule has 5 nitrogen and oxygen atoms in total. The van der Waals surface area contributed by atoms with Crippen molar-refractivity contribution in [2.45, 2.75) is 18.9 Å². The summed E-state index contributed by atoms with van der Waals surface area (Å²) in [6.45, 7) is 0. The van der Waals surface area contributed by atoms with E-state index in [-0.39, 0.29) is 11.4 Å². The van der Waals surface area contributed by atoms with Gasteiger partial charge in [0.1, 0.15) is 11.4 Å². The lowest BCUT2D eigenvalue weighted by molar-refractivity contribution is 0.0600.